The van der Waals surface area contributed by atoms with Crippen LogP contribution < -0.4 is 21.8 Å². The molecule has 0 saturated carbocycles. The molecule has 31 heavy (non-hydrogen) atoms. The zero-order valence-electron chi connectivity index (χ0n) is 14.8. The predicted octanol–water partition coefficient (Wildman–Crippen LogP) is 3.59. The second kappa shape index (κ2) is 7.65. The zero-order valence-corrected chi connectivity index (χ0v) is 15.6. The van der Waals surface area contributed by atoms with Crippen LogP contribution in [-0.2, 0) is 12.4 Å². The van der Waals surface area contributed by atoms with Crippen molar-refractivity contribution in [2.24, 2.45) is 0 Å². The van der Waals surface area contributed by atoms with Crippen molar-refractivity contribution in [3.63, 3.8) is 0 Å². The molecule has 0 fully saturated rings. The van der Waals surface area contributed by atoms with Crippen LogP contribution in [0.1, 0.15) is 11.3 Å². The fourth-order valence-electron chi connectivity index (χ4n) is 2.44. The summed E-state index contributed by atoms with van der Waals surface area (Å²) in [6, 6.07) is 5.04. The lowest BCUT2D eigenvalue weighted by molar-refractivity contribution is -0.143. The van der Waals surface area contributed by atoms with E-state index in [2.05, 4.69) is 4.98 Å². The van der Waals surface area contributed by atoms with Crippen molar-refractivity contribution in [3.05, 3.63) is 79.7 Å². The Morgan fingerprint density at radius 2 is 1.65 bits per heavy atom. The lowest BCUT2D eigenvalue weighted by Crippen LogP contribution is -2.45. The van der Waals surface area contributed by atoms with Crippen LogP contribution in [0.5, 0.6) is 11.6 Å². The molecule has 3 aromatic rings. The van der Waals surface area contributed by atoms with Crippen molar-refractivity contribution in [3.8, 4) is 17.3 Å². The summed E-state index contributed by atoms with van der Waals surface area (Å²) in [5, 5.41) is -0.0847. The summed E-state index contributed by atoms with van der Waals surface area (Å²) in [5.74, 6) is 4.64. The lowest BCUT2D eigenvalue weighted by Gasteiger charge is -2.14. The SMILES string of the molecule is Nn1c(C(F)(F)F)cc(=O)n(-c2ccc(Cl)c(Oc3ccc(C(F)(F)F)cn3)c2)c1=O. The second-order valence-electron chi connectivity index (χ2n) is 5.95. The van der Waals surface area contributed by atoms with E-state index in [1.807, 2.05) is 0 Å². The summed E-state index contributed by atoms with van der Waals surface area (Å²) >= 11 is 5.96. The number of nitrogens with zero attached hydrogens (tertiary/aromatic N) is 3. The third kappa shape index (κ3) is 4.50. The summed E-state index contributed by atoms with van der Waals surface area (Å²) < 4.78 is 81.9. The van der Waals surface area contributed by atoms with E-state index in [1.165, 1.54) is 0 Å². The van der Waals surface area contributed by atoms with Crippen molar-refractivity contribution >= 4 is 11.6 Å². The van der Waals surface area contributed by atoms with Gasteiger partial charge < -0.3 is 10.6 Å². The highest BCUT2D eigenvalue weighted by Crippen LogP contribution is 2.33. The van der Waals surface area contributed by atoms with E-state index in [9.17, 15) is 35.9 Å². The van der Waals surface area contributed by atoms with Crippen molar-refractivity contribution in [2.45, 2.75) is 12.4 Å². The molecule has 1 aromatic carbocycles. The summed E-state index contributed by atoms with van der Waals surface area (Å²) in [5.41, 5.74) is -5.77. The number of hydrogen-bond donors (Lipinski definition) is 1. The first-order valence-electron chi connectivity index (χ1n) is 8.01. The average molecular weight is 467 g/mol. The minimum atomic E-state index is -5.05. The molecule has 0 saturated heterocycles. The largest absolute Gasteiger partial charge is 0.437 e. The van der Waals surface area contributed by atoms with E-state index in [4.69, 9.17) is 22.2 Å². The summed E-state index contributed by atoms with van der Waals surface area (Å²) in [6.07, 6.45) is -9.15. The Bertz CT molecular complexity index is 1250. The van der Waals surface area contributed by atoms with Gasteiger partial charge in [-0.2, -0.15) is 26.3 Å². The van der Waals surface area contributed by atoms with Crippen molar-refractivity contribution in [2.75, 3.05) is 5.84 Å². The van der Waals surface area contributed by atoms with E-state index in [-0.39, 0.29) is 33.1 Å². The third-order valence-corrected chi connectivity index (χ3v) is 4.19. The van der Waals surface area contributed by atoms with Gasteiger partial charge >= 0.3 is 18.0 Å². The number of rotatable bonds is 3. The van der Waals surface area contributed by atoms with Gasteiger partial charge in [-0.05, 0) is 18.2 Å². The first-order valence-corrected chi connectivity index (χ1v) is 8.39. The van der Waals surface area contributed by atoms with Gasteiger partial charge in [-0.3, -0.25) is 4.79 Å². The maximum absolute atomic E-state index is 12.9. The topological polar surface area (TPSA) is 92.1 Å². The van der Waals surface area contributed by atoms with E-state index in [0.717, 1.165) is 24.3 Å². The van der Waals surface area contributed by atoms with Gasteiger partial charge in [0.25, 0.3) is 5.56 Å². The van der Waals surface area contributed by atoms with Crippen LogP contribution in [-0.4, -0.2) is 14.2 Å². The molecule has 0 aliphatic carbocycles. The summed E-state index contributed by atoms with van der Waals surface area (Å²) in [7, 11) is 0. The van der Waals surface area contributed by atoms with Crippen LogP contribution >= 0.6 is 11.6 Å². The van der Waals surface area contributed by atoms with Crippen LogP contribution in [0.2, 0.25) is 5.02 Å². The number of nitrogen functional groups attached to an aromatic ring is 1. The number of ether oxygens (including phenoxy) is 1. The molecule has 0 aliphatic heterocycles. The highest BCUT2D eigenvalue weighted by Gasteiger charge is 2.36. The molecule has 2 aromatic heterocycles. The number of aromatic nitrogens is 3. The molecule has 0 amide bonds. The zero-order chi connectivity index (χ0) is 23.1. The monoisotopic (exact) mass is 466 g/mol. The van der Waals surface area contributed by atoms with Gasteiger partial charge in [0.15, 0.2) is 5.69 Å². The molecular formula is C17H9ClF6N4O3. The average Bonchev–Trinajstić information content (AvgIpc) is 2.66. The van der Waals surface area contributed by atoms with Gasteiger partial charge in [0.05, 0.1) is 16.3 Å². The molecule has 14 heteroatoms. The van der Waals surface area contributed by atoms with Gasteiger partial charge in [0.2, 0.25) is 5.88 Å². The molecule has 7 nitrogen and oxygen atoms in total. The molecule has 0 aliphatic rings. The standard InChI is InChI=1S/C17H9ClF6N4O3/c18-10-3-2-9(27-14(29)6-12(17(22,23)24)28(25)15(27)30)5-11(10)31-13-4-1-8(7-26-13)16(19,20)21/h1-7H,25H2. The van der Waals surface area contributed by atoms with Crippen molar-refractivity contribution < 1.29 is 31.1 Å². The Balaban J connectivity index is 2.03. The minimum absolute atomic E-state index is 0.0847. The van der Waals surface area contributed by atoms with E-state index in [0.29, 0.717) is 16.8 Å². The molecule has 164 valence electrons. The molecular weight excluding hydrogens is 458 g/mol. The summed E-state index contributed by atoms with van der Waals surface area (Å²) in [4.78, 5) is 27.9. The van der Waals surface area contributed by atoms with Gasteiger partial charge in [-0.1, -0.05) is 11.6 Å². The Kier molecular flexibility index (Phi) is 5.48. The van der Waals surface area contributed by atoms with Crippen LogP contribution in [0, 0.1) is 0 Å². The Hall–Kier alpha value is -3.48. The molecule has 2 N–H and O–H groups in total. The van der Waals surface area contributed by atoms with Crippen molar-refractivity contribution in [1.82, 2.24) is 14.2 Å². The molecule has 0 radical (unpaired) electrons. The first kappa shape index (κ1) is 22.2. The van der Waals surface area contributed by atoms with Crippen LogP contribution in [0.15, 0.2) is 52.2 Å². The van der Waals surface area contributed by atoms with Gasteiger partial charge in [0.1, 0.15) is 5.75 Å². The third-order valence-electron chi connectivity index (χ3n) is 3.88. The maximum atomic E-state index is 12.9. The number of halogens is 7. The Morgan fingerprint density at radius 3 is 2.19 bits per heavy atom. The molecule has 3 rings (SSSR count). The van der Waals surface area contributed by atoms with Crippen LogP contribution in [0.4, 0.5) is 26.3 Å². The van der Waals surface area contributed by atoms with E-state index in [1.54, 1.807) is 0 Å². The van der Waals surface area contributed by atoms with Gasteiger partial charge in [0, 0.05) is 24.4 Å². The fourth-order valence-corrected chi connectivity index (χ4v) is 2.60. The Morgan fingerprint density at radius 1 is 0.968 bits per heavy atom. The normalized spacial score (nSPS) is 12.1. The van der Waals surface area contributed by atoms with Crippen LogP contribution in [0.3, 0.4) is 0 Å². The lowest BCUT2D eigenvalue weighted by atomic mass is 10.2. The summed E-state index contributed by atoms with van der Waals surface area (Å²) in [6.45, 7) is 0. The quantitative estimate of drug-likeness (QED) is 0.470. The van der Waals surface area contributed by atoms with Crippen molar-refractivity contribution in [1.29, 1.82) is 0 Å². The maximum Gasteiger partial charge on any atom is 0.433 e. The molecule has 0 atom stereocenters. The first-order chi connectivity index (χ1) is 14.3. The van der Waals surface area contributed by atoms with E-state index >= 15 is 0 Å². The van der Waals surface area contributed by atoms with Gasteiger partial charge in [-0.25, -0.2) is 19.0 Å². The number of benzene rings is 1. The van der Waals surface area contributed by atoms with E-state index < -0.39 is 34.9 Å². The minimum Gasteiger partial charge on any atom is -0.437 e. The van der Waals surface area contributed by atoms with Crippen LogP contribution in [0.25, 0.3) is 5.69 Å². The molecule has 2 heterocycles. The highest BCUT2D eigenvalue weighted by molar-refractivity contribution is 6.32. The molecule has 0 unspecified atom stereocenters. The number of hydrogen-bond acceptors (Lipinski definition) is 5. The second-order valence-corrected chi connectivity index (χ2v) is 6.36. The number of pyridine rings is 1. The molecule has 0 spiro atoms. The predicted molar refractivity (Wildman–Crippen MR) is 95.8 cm³/mol. The molecule has 0 bridgehead atoms. The smallest absolute Gasteiger partial charge is 0.433 e. The Labute approximate surface area is 172 Å². The fraction of sp³-hybridized carbons (Fsp3) is 0.118. The highest BCUT2D eigenvalue weighted by atomic mass is 35.5. The number of nitrogens with two attached hydrogens (primary N) is 1. The van der Waals surface area contributed by atoms with Gasteiger partial charge in [-0.15, -0.1) is 0 Å². The number of alkyl halides is 6.